The van der Waals surface area contributed by atoms with E-state index < -0.39 is 0 Å². The first-order valence-electron chi connectivity index (χ1n) is 8.80. The lowest BCUT2D eigenvalue weighted by Crippen LogP contribution is -2.34. The molecule has 26 heavy (non-hydrogen) atoms. The summed E-state index contributed by atoms with van der Waals surface area (Å²) in [5, 5.41) is 6.08. The molecule has 4 heteroatoms. The maximum atomic E-state index is 12.4. The highest BCUT2D eigenvalue weighted by molar-refractivity contribution is 7.80. The van der Waals surface area contributed by atoms with E-state index in [4.69, 9.17) is 12.2 Å². The Morgan fingerprint density at radius 1 is 0.769 bits per heavy atom. The maximum absolute atomic E-state index is 12.4. The zero-order valence-corrected chi connectivity index (χ0v) is 17.3. The molecule has 2 N–H and O–H groups in total. The van der Waals surface area contributed by atoms with Gasteiger partial charge in [0.2, 0.25) is 0 Å². The predicted molar refractivity (Wildman–Crippen MR) is 114 cm³/mol. The van der Waals surface area contributed by atoms with Gasteiger partial charge in [0.25, 0.3) is 5.91 Å². The van der Waals surface area contributed by atoms with Gasteiger partial charge in [-0.25, -0.2) is 0 Å². The second kappa shape index (κ2) is 7.58. The Bertz CT molecular complexity index is 779. The second-order valence-electron chi connectivity index (χ2n) is 8.56. The maximum Gasteiger partial charge on any atom is 0.257 e. The Labute approximate surface area is 162 Å². The summed E-state index contributed by atoms with van der Waals surface area (Å²) in [5.41, 5.74) is 4.04. The molecule has 0 atom stereocenters. The molecule has 3 nitrogen and oxygen atoms in total. The number of nitrogens with one attached hydrogen (secondary N) is 2. The summed E-state index contributed by atoms with van der Waals surface area (Å²) in [4.78, 5) is 12.4. The highest BCUT2D eigenvalue weighted by Gasteiger charge is 2.15. The lowest BCUT2D eigenvalue weighted by molar-refractivity contribution is 0.0977. The number of thiocarbonyl (C=S) groups is 1. The van der Waals surface area contributed by atoms with E-state index in [-0.39, 0.29) is 16.7 Å². The Balaban J connectivity index is 1.98. The lowest BCUT2D eigenvalue weighted by atomic mass is 9.87. The second-order valence-corrected chi connectivity index (χ2v) is 8.97. The van der Waals surface area contributed by atoms with Gasteiger partial charge in [0.15, 0.2) is 5.11 Å². The molecule has 2 rings (SSSR count). The van der Waals surface area contributed by atoms with E-state index >= 15 is 0 Å². The summed E-state index contributed by atoms with van der Waals surface area (Å²) in [7, 11) is 0. The summed E-state index contributed by atoms with van der Waals surface area (Å²) in [6.07, 6.45) is 0. The van der Waals surface area contributed by atoms with Crippen LogP contribution in [0.4, 0.5) is 5.69 Å². The Kier molecular flexibility index (Phi) is 5.87. The van der Waals surface area contributed by atoms with E-state index in [9.17, 15) is 4.79 Å². The molecule has 0 aliphatic heterocycles. The average molecular weight is 369 g/mol. The SMILES string of the molecule is CC(C)(C)c1ccc(NC(=S)NC(=O)c2ccc(C(C)(C)C)cc2)cc1. The third kappa shape index (κ3) is 5.40. The predicted octanol–water partition coefficient (Wildman–Crippen LogP) is 5.41. The number of rotatable bonds is 2. The summed E-state index contributed by atoms with van der Waals surface area (Å²) in [6.45, 7) is 13.0. The monoisotopic (exact) mass is 368 g/mol. The molecule has 1 amide bonds. The van der Waals surface area contributed by atoms with Crippen molar-refractivity contribution in [1.29, 1.82) is 0 Å². The first-order valence-corrected chi connectivity index (χ1v) is 9.21. The van der Waals surface area contributed by atoms with Crippen LogP contribution in [-0.4, -0.2) is 11.0 Å². The van der Waals surface area contributed by atoms with Crippen LogP contribution < -0.4 is 10.6 Å². The normalized spacial score (nSPS) is 11.8. The van der Waals surface area contributed by atoms with Crippen LogP contribution in [0.2, 0.25) is 0 Å². The molecule has 2 aromatic rings. The molecule has 0 aliphatic carbocycles. The number of carbonyl (C=O) groups is 1. The summed E-state index contributed by atoms with van der Waals surface area (Å²) in [5.74, 6) is -0.214. The van der Waals surface area contributed by atoms with E-state index in [1.807, 2.05) is 36.4 Å². The third-order valence-corrected chi connectivity index (χ3v) is 4.45. The first kappa shape index (κ1) is 20.1. The van der Waals surface area contributed by atoms with Crippen molar-refractivity contribution in [2.24, 2.45) is 0 Å². The fraction of sp³-hybridized carbons (Fsp3) is 0.364. The minimum atomic E-state index is -0.214. The van der Waals surface area contributed by atoms with Gasteiger partial charge in [0.05, 0.1) is 0 Å². The van der Waals surface area contributed by atoms with Crippen molar-refractivity contribution in [3.63, 3.8) is 0 Å². The number of amides is 1. The van der Waals surface area contributed by atoms with E-state index in [1.165, 1.54) is 11.1 Å². The Morgan fingerprint density at radius 2 is 1.19 bits per heavy atom. The number of hydrogen-bond acceptors (Lipinski definition) is 2. The van der Waals surface area contributed by atoms with E-state index in [2.05, 4.69) is 64.3 Å². The molecule has 0 saturated heterocycles. The zero-order valence-electron chi connectivity index (χ0n) is 16.4. The standard InChI is InChI=1S/C22H28N2OS/c1-21(2,3)16-9-7-15(8-10-16)19(25)24-20(26)23-18-13-11-17(12-14-18)22(4,5)6/h7-14H,1-6H3,(H2,23,24,25,26). The van der Waals surface area contributed by atoms with Gasteiger partial charge in [-0.1, -0.05) is 65.8 Å². The van der Waals surface area contributed by atoms with Crippen LogP contribution in [0.5, 0.6) is 0 Å². The van der Waals surface area contributed by atoms with Crippen molar-refractivity contribution in [1.82, 2.24) is 5.32 Å². The third-order valence-electron chi connectivity index (χ3n) is 4.25. The molecule has 0 aromatic heterocycles. The molecule has 2 aromatic carbocycles. The summed E-state index contributed by atoms with van der Waals surface area (Å²) < 4.78 is 0. The van der Waals surface area contributed by atoms with Crippen LogP contribution in [0.15, 0.2) is 48.5 Å². The summed E-state index contributed by atoms with van der Waals surface area (Å²) in [6, 6.07) is 15.7. The highest BCUT2D eigenvalue weighted by Crippen LogP contribution is 2.24. The van der Waals surface area contributed by atoms with Crippen LogP contribution in [0, 0.1) is 0 Å². The lowest BCUT2D eigenvalue weighted by Gasteiger charge is -2.19. The fourth-order valence-corrected chi connectivity index (χ4v) is 2.72. The smallest absolute Gasteiger partial charge is 0.257 e. The number of benzene rings is 2. The number of hydrogen-bond donors (Lipinski definition) is 2. The molecular formula is C22H28N2OS. The number of carbonyl (C=O) groups excluding carboxylic acids is 1. The van der Waals surface area contributed by atoms with Gasteiger partial charge in [-0.05, 0) is 58.4 Å². The molecule has 0 bridgehead atoms. The van der Waals surface area contributed by atoms with Crippen molar-refractivity contribution in [3.05, 3.63) is 65.2 Å². The number of anilines is 1. The van der Waals surface area contributed by atoms with Crippen LogP contribution in [0.3, 0.4) is 0 Å². The molecule has 0 radical (unpaired) electrons. The fourth-order valence-electron chi connectivity index (χ4n) is 2.51. The minimum Gasteiger partial charge on any atom is -0.332 e. The minimum absolute atomic E-state index is 0.0606. The molecule has 0 unspecified atom stereocenters. The van der Waals surface area contributed by atoms with Gasteiger partial charge in [-0.2, -0.15) is 0 Å². The molecule has 0 fully saturated rings. The Morgan fingerprint density at radius 3 is 1.62 bits per heavy atom. The van der Waals surface area contributed by atoms with E-state index in [1.54, 1.807) is 0 Å². The van der Waals surface area contributed by atoms with Crippen LogP contribution in [0.25, 0.3) is 0 Å². The molecule has 0 aliphatic rings. The van der Waals surface area contributed by atoms with Gasteiger partial charge in [-0.3, -0.25) is 10.1 Å². The highest BCUT2D eigenvalue weighted by atomic mass is 32.1. The van der Waals surface area contributed by atoms with Crippen LogP contribution >= 0.6 is 12.2 Å². The van der Waals surface area contributed by atoms with Crippen molar-refractivity contribution in [2.45, 2.75) is 52.4 Å². The topological polar surface area (TPSA) is 41.1 Å². The largest absolute Gasteiger partial charge is 0.332 e. The molecule has 138 valence electrons. The first-order chi connectivity index (χ1) is 12.0. The molecule has 0 spiro atoms. The van der Waals surface area contributed by atoms with Gasteiger partial charge in [-0.15, -0.1) is 0 Å². The van der Waals surface area contributed by atoms with Crippen molar-refractivity contribution < 1.29 is 4.79 Å². The quantitative estimate of drug-likeness (QED) is 0.697. The van der Waals surface area contributed by atoms with Crippen LogP contribution in [0.1, 0.15) is 63.0 Å². The van der Waals surface area contributed by atoms with Crippen LogP contribution in [-0.2, 0) is 10.8 Å². The van der Waals surface area contributed by atoms with Crippen molar-refractivity contribution >= 4 is 28.9 Å². The van der Waals surface area contributed by atoms with Gasteiger partial charge >= 0.3 is 0 Å². The zero-order chi connectivity index (χ0) is 19.5. The molecule has 0 heterocycles. The van der Waals surface area contributed by atoms with Gasteiger partial charge in [0.1, 0.15) is 0 Å². The molecule has 0 saturated carbocycles. The van der Waals surface area contributed by atoms with Gasteiger partial charge < -0.3 is 5.32 Å². The molecular weight excluding hydrogens is 340 g/mol. The summed E-state index contributed by atoms with van der Waals surface area (Å²) >= 11 is 5.26. The van der Waals surface area contributed by atoms with E-state index in [0.717, 1.165) is 5.69 Å². The van der Waals surface area contributed by atoms with E-state index in [0.29, 0.717) is 10.7 Å². The average Bonchev–Trinajstić information content (AvgIpc) is 2.53. The van der Waals surface area contributed by atoms with Crippen molar-refractivity contribution in [2.75, 3.05) is 5.32 Å². The van der Waals surface area contributed by atoms with Gasteiger partial charge in [0, 0.05) is 11.3 Å². The Hall–Kier alpha value is -2.20. The van der Waals surface area contributed by atoms with Crippen molar-refractivity contribution in [3.8, 4) is 0 Å².